The average Bonchev–Trinajstić information content (AvgIpc) is 3.37. The Balaban J connectivity index is 1.43. The van der Waals surface area contributed by atoms with Gasteiger partial charge in [-0.15, -0.1) is 16.4 Å². The van der Waals surface area contributed by atoms with Gasteiger partial charge in [-0.1, -0.05) is 6.92 Å². The number of halogens is 2. The molecular weight excluding hydrogens is 456 g/mol. The molecule has 2 aromatic heterocycles. The highest BCUT2D eigenvalue weighted by molar-refractivity contribution is 7.11. The van der Waals surface area contributed by atoms with Crippen LogP contribution in [0.25, 0.3) is 22.8 Å². The maximum atomic E-state index is 13.5. The summed E-state index contributed by atoms with van der Waals surface area (Å²) in [6, 6.07) is 11.8. The lowest BCUT2D eigenvalue weighted by Crippen LogP contribution is -2.37. The molecule has 0 bridgehead atoms. The van der Waals surface area contributed by atoms with Gasteiger partial charge in [-0.25, -0.2) is 23.4 Å². The van der Waals surface area contributed by atoms with Crippen molar-refractivity contribution in [3.63, 3.8) is 0 Å². The van der Waals surface area contributed by atoms with Gasteiger partial charge in [0.2, 0.25) is 5.91 Å². The SMILES string of the molecule is Cc1nc2c(s1)C(C)CN(C(=O)Cn1nc(-c3ccc(F)cc3)nc1-c1ccc(F)cc1)CC2. The van der Waals surface area contributed by atoms with Crippen LogP contribution in [0, 0.1) is 18.6 Å². The molecule has 4 aromatic rings. The zero-order valence-electron chi connectivity index (χ0n) is 18.8. The summed E-state index contributed by atoms with van der Waals surface area (Å²) in [6.45, 7) is 5.32. The number of aryl methyl sites for hydroxylation is 1. The molecule has 1 unspecified atom stereocenters. The second-order valence-electron chi connectivity index (χ2n) is 8.47. The van der Waals surface area contributed by atoms with Crippen molar-refractivity contribution in [2.45, 2.75) is 32.7 Å². The Morgan fingerprint density at radius 3 is 2.35 bits per heavy atom. The first-order valence-electron chi connectivity index (χ1n) is 11.1. The van der Waals surface area contributed by atoms with Crippen LogP contribution in [0.4, 0.5) is 8.78 Å². The molecule has 0 spiro atoms. The van der Waals surface area contributed by atoms with Gasteiger partial charge >= 0.3 is 0 Å². The van der Waals surface area contributed by atoms with Crippen LogP contribution in [0.1, 0.15) is 28.4 Å². The number of thiazole rings is 1. The third-order valence-electron chi connectivity index (χ3n) is 5.91. The van der Waals surface area contributed by atoms with Crippen LogP contribution < -0.4 is 0 Å². The fourth-order valence-corrected chi connectivity index (χ4v) is 5.25. The molecule has 0 saturated carbocycles. The van der Waals surface area contributed by atoms with E-state index >= 15 is 0 Å². The molecule has 0 aliphatic carbocycles. The summed E-state index contributed by atoms with van der Waals surface area (Å²) in [6.07, 6.45) is 0.721. The minimum Gasteiger partial charge on any atom is -0.340 e. The van der Waals surface area contributed by atoms with Crippen LogP contribution in [0.2, 0.25) is 0 Å². The van der Waals surface area contributed by atoms with Crippen molar-refractivity contribution < 1.29 is 13.6 Å². The maximum absolute atomic E-state index is 13.5. The molecule has 9 heteroatoms. The Morgan fingerprint density at radius 1 is 1.03 bits per heavy atom. The summed E-state index contributed by atoms with van der Waals surface area (Å²) in [5.74, 6) is 0.239. The predicted octanol–water partition coefficient (Wildman–Crippen LogP) is 4.84. The van der Waals surface area contributed by atoms with Crippen LogP contribution in [0.3, 0.4) is 0 Å². The zero-order valence-corrected chi connectivity index (χ0v) is 19.6. The Hall–Kier alpha value is -3.46. The van der Waals surface area contributed by atoms with Gasteiger partial charge in [0, 0.05) is 41.4 Å². The minimum atomic E-state index is -0.362. The average molecular weight is 480 g/mol. The summed E-state index contributed by atoms with van der Waals surface area (Å²) in [5, 5.41) is 5.61. The molecule has 1 amide bonds. The van der Waals surface area contributed by atoms with Crippen molar-refractivity contribution in [3.05, 3.63) is 75.7 Å². The Labute approximate surface area is 199 Å². The summed E-state index contributed by atoms with van der Waals surface area (Å²) in [7, 11) is 0. The maximum Gasteiger partial charge on any atom is 0.244 e. The van der Waals surface area contributed by atoms with E-state index in [1.54, 1.807) is 40.3 Å². The smallest absolute Gasteiger partial charge is 0.244 e. The summed E-state index contributed by atoms with van der Waals surface area (Å²) in [5.41, 5.74) is 2.35. The van der Waals surface area contributed by atoms with Crippen molar-refractivity contribution in [1.29, 1.82) is 0 Å². The van der Waals surface area contributed by atoms with Crippen LogP contribution in [0.15, 0.2) is 48.5 Å². The van der Waals surface area contributed by atoms with Crippen LogP contribution in [0.5, 0.6) is 0 Å². The van der Waals surface area contributed by atoms with Gasteiger partial charge in [-0.3, -0.25) is 4.79 Å². The molecule has 174 valence electrons. The second kappa shape index (κ2) is 9.06. The first kappa shape index (κ1) is 22.3. The number of aromatic nitrogens is 4. The largest absolute Gasteiger partial charge is 0.340 e. The van der Waals surface area contributed by atoms with E-state index < -0.39 is 0 Å². The molecular formula is C25H23F2N5OS. The number of benzene rings is 2. The quantitative estimate of drug-likeness (QED) is 0.420. The van der Waals surface area contributed by atoms with Gasteiger partial charge in [0.15, 0.2) is 11.6 Å². The predicted molar refractivity (Wildman–Crippen MR) is 126 cm³/mol. The van der Waals surface area contributed by atoms with Crippen molar-refractivity contribution in [1.82, 2.24) is 24.6 Å². The lowest BCUT2D eigenvalue weighted by Gasteiger charge is -2.23. The van der Waals surface area contributed by atoms with Gasteiger partial charge in [-0.05, 0) is 55.5 Å². The zero-order chi connectivity index (χ0) is 23.8. The third-order valence-corrected chi connectivity index (χ3v) is 7.15. The Kier molecular flexibility index (Phi) is 5.95. The number of rotatable bonds is 4. The highest BCUT2D eigenvalue weighted by Crippen LogP contribution is 2.31. The molecule has 0 radical (unpaired) electrons. The highest BCUT2D eigenvalue weighted by Gasteiger charge is 2.27. The van der Waals surface area contributed by atoms with Gasteiger partial charge in [0.1, 0.15) is 18.2 Å². The van der Waals surface area contributed by atoms with Crippen molar-refractivity contribution in [2.24, 2.45) is 0 Å². The second-order valence-corrected chi connectivity index (χ2v) is 9.70. The standard InChI is InChI=1S/C25H23F2N5OS/c1-15-13-31(12-11-21-23(15)34-16(2)28-21)22(33)14-32-25(18-5-9-20(27)10-6-18)29-24(30-32)17-3-7-19(26)8-4-17/h3-10,15H,11-14H2,1-2H3. The number of nitrogens with zero attached hydrogens (tertiary/aromatic N) is 5. The van der Waals surface area contributed by atoms with E-state index in [9.17, 15) is 13.6 Å². The number of fused-ring (bicyclic) bond motifs is 1. The van der Waals surface area contributed by atoms with E-state index in [0.29, 0.717) is 35.9 Å². The molecule has 1 aliphatic heterocycles. The van der Waals surface area contributed by atoms with Gasteiger partial charge in [0.05, 0.1) is 10.7 Å². The molecule has 5 rings (SSSR count). The van der Waals surface area contributed by atoms with E-state index in [0.717, 1.165) is 17.1 Å². The molecule has 34 heavy (non-hydrogen) atoms. The van der Waals surface area contributed by atoms with Crippen LogP contribution >= 0.6 is 11.3 Å². The molecule has 6 nitrogen and oxygen atoms in total. The minimum absolute atomic E-state index is 0.00622. The number of carbonyl (C=O) groups is 1. The number of carbonyl (C=O) groups excluding carboxylic acids is 1. The van der Waals surface area contributed by atoms with Crippen LogP contribution in [-0.4, -0.2) is 43.6 Å². The topological polar surface area (TPSA) is 63.9 Å². The first-order valence-corrected chi connectivity index (χ1v) is 11.9. The van der Waals surface area contributed by atoms with E-state index in [1.807, 2.05) is 11.8 Å². The molecule has 1 atom stereocenters. The fraction of sp³-hybridized carbons (Fsp3) is 0.280. The van der Waals surface area contributed by atoms with Gasteiger partial charge < -0.3 is 4.90 Å². The molecule has 0 N–H and O–H groups in total. The lowest BCUT2D eigenvalue weighted by atomic mass is 10.1. The summed E-state index contributed by atoms with van der Waals surface area (Å²) in [4.78, 5) is 25.7. The number of hydrogen-bond acceptors (Lipinski definition) is 5. The third kappa shape index (κ3) is 4.48. The van der Waals surface area contributed by atoms with E-state index in [1.165, 1.54) is 29.1 Å². The number of hydrogen-bond donors (Lipinski definition) is 0. The molecule has 0 fully saturated rings. The van der Waals surface area contributed by atoms with Crippen molar-refractivity contribution in [2.75, 3.05) is 13.1 Å². The summed E-state index contributed by atoms with van der Waals surface area (Å²) >= 11 is 1.70. The Morgan fingerprint density at radius 2 is 1.68 bits per heavy atom. The van der Waals surface area contributed by atoms with E-state index in [2.05, 4.69) is 22.0 Å². The van der Waals surface area contributed by atoms with E-state index in [4.69, 9.17) is 0 Å². The Bertz CT molecular complexity index is 1330. The highest BCUT2D eigenvalue weighted by atomic mass is 32.1. The molecule has 2 aromatic carbocycles. The van der Waals surface area contributed by atoms with Crippen LogP contribution in [-0.2, 0) is 17.8 Å². The first-order chi connectivity index (χ1) is 16.4. The lowest BCUT2D eigenvalue weighted by molar-refractivity contribution is -0.132. The van der Waals surface area contributed by atoms with Gasteiger partial charge in [0.25, 0.3) is 0 Å². The number of amides is 1. The molecule has 1 aliphatic rings. The summed E-state index contributed by atoms with van der Waals surface area (Å²) < 4.78 is 28.4. The normalized spacial score (nSPS) is 15.8. The fourth-order valence-electron chi connectivity index (χ4n) is 4.24. The molecule has 0 saturated heterocycles. The van der Waals surface area contributed by atoms with Crippen molar-refractivity contribution in [3.8, 4) is 22.8 Å². The van der Waals surface area contributed by atoms with Gasteiger partial charge in [-0.2, -0.15) is 0 Å². The van der Waals surface area contributed by atoms with E-state index in [-0.39, 0.29) is 30.0 Å². The monoisotopic (exact) mass is 479 g/mol. The van der Waals surface area contributed by atoms with Crippen molar-refractivity contribution >= 4 is 17.2 Å². The molecule has 3 heterocycles.